The number of hydrogen-bond acceptors (Lipinski definition) is 5. The number of para-hydroxylation sites is 1. The quantitative estimate of drug-likeness (QED) is 0.714. The Labute approximate surface area is 152 Å². The minimum absolute atomic E-state index is 0.0626. The molecule has 1 atom stereocenters. The lowest BCUT2D eigenvalue weighted by atomic mass is 10.3. The van der Waals surface area contributed by atoms with Crippen LogP contribution in [0.4, 0.5) is 11.6 Å². The first-order valence-electron chi connectivity index (χ1n) is 8.48. The average Bonchev–Trinajstić information content (AvgIpc) is 2.99. The number of nitrogens with zero attached hydrogens (tertiary/aromatic N) is 4. The number of amides is 1. The van der Waals surface area contributed by atoms with Gasteiger partial charge in [-0.1, -0.05) is 18.2 Å². The van der Waals surface area contributed by atoms with Crippen molar-refractivity contribution in [3.05, 3.63) is 65.7 Å². The molecule has 26 heavy (non-hydrogen) atoms. The van der Waals surface area contributed by atoms with Gasteiger partial charge in [0.25, 0.3) is 5.91 Å². The van der Waals surface area contributed by atoms with Crippen molar-refractivity contribution in [1.82, 2.24) is 25.1 Å². The number of aryl methyl sites for hydroxylation is 2. The summed E-state index contributed by atoms with van der Waals surface area (Å²) in [4.78, 5) is 20.7. The van der Waals surface area contributed by atoms with Crippen LogP contribution in [-0.2, 0) is 0 Å². The SMILES string of the molecule is Cc1cc(C)n(C(C)CNC(=O)c2cnc(Nc3ccccc3)nc2)n1. The van der Waals surface area contributed by atoms with E-state index in [1.54, 1.807) is 0 Å². The van der Waals surface area contributed by atoms with Crippen LogP contribution in [0.3, 0.4) is 0 Å². The zero-order valence-electron chi connectivity index (χ0n) is 15.1. The minimum Gasteiger partial charge on any atom is -0.350 e. The Morgan fingerprint density at radius 1 is 1.15 bits per heavy atom. The molecule has 0 spiro atoms. The Bertz CT molecular complexity index is 873. The van der Waals surface area contributed by atoms with Gasteiger partial charge in [-0.3, -0.25) is 9.48 Å². The maximum atomic E-state index is 12.3. The lowest BCUT2D eigenvalue weighted by Gasteiger charge is -2.15. The highest BCUT2D eigenvalue weighted by Gasteiger charge is 2.12. The van der Waals surface area contributed by atoms with Gasteiger partial charge >= 0.3 is 0 Å². The van der Waals surface area contributed by atoms with Crippen molar-refractivity contribution in [3.63, 3.8) is 0 Å². The van der Waals surface area contributed by atoms with Crippen molar-refractivity contribution >= 4 is 17.5 Å². The molecule has 1 aromatic carbocycles. The fourth-order valence-corrected chi connectivity index (χ4v) is 2.68. The third kappa shape index (κ3) is 4.24. The summed E-state index contributed by atoms with van der Waals surface area (Å²) >= 11 is 0. The summed E-state index contributed by atoms with van der Waals surface area (Å²) < 4.78 is 1.92. The Balaban J connectivity index is 1.57. The van der Waals surface area contributed by atoms with E-state index in [0.29, 0.717) is 18.1 Å². The van der Waals surface area contributed by atoms with Crippen LogP contribution < -0.4 is 10.6 Å². The third-order valence-electron chi connectivity index (χ3n) is 3.96. The van der Waals surface area contributed by atoms with Gasteiger partial charge in [-0.2, -0.15) is 5.10 Å². The van der Waals surface area contributed by atoms with E-state index < -0.39 is 0 Å². The van der Waals surface area contributed by atoms with E-state index in [-0.39, 0.29) is 11.9 Å². The highest BCUT2D eigenvalue weighted by atomic mass is 16.1. The van der Waals surface area contributed by atoms with E-state index in [4.69, 9.17) is 0 Å². The first-order valence-corrected chi connectivity index (χ1v) is 8.48. The first kappa shape index (κ1) is 17.6. The molecule has 3 rings (SSSR count). The van der Waals surface area contributed by atoms with Gasteiger partial charge in [0.2, 0.25) is 5.95 Å². The Morgan fingerprint density at radius 2 is 1.85 bits per heavy atom. The predicted octanol–water partition coefficient (Wildman–Crippen LogP) is 3.02. The van der Waals surface area contributed by atoms with Crippen molar-refractivity contribution in [3.8, 4) is 0 Å². The van der Waals surface area contributed by atoms with Crippen molar-refractivity contribution < 1.29 is 4.79 Å². The molecule has 134 valence electrons. The molecule has 1 amide bonds. The lowest BCUT2D eigenvalue weighted by Crippen LogP contribution is -2.30. The van der Waals surface area contributed by atoms with Gasteiger partial charge in [0.1, 0.15) is 0 Å². The molecule has 0 bridgehead atoms. The van der Waals surface area contributed by atoms with Crippen LogP contribution in [0.5, 0.6) is 0 Å². The summed E-state index contributed by atoms with van der Waals surface area (Å²) in [5.74, 6) is 0.244. The van der Waals surface area contributed by atoms with Crippen LogP contribution in [-0.4, -0.2) is 32.2 Å². The summed E-state index contributed by atoms with van der Waals surface area (Å²) in [6.45, 7) is 6.45. The van der Waals surface area contributed by atoms with Gasteiger partial charge in [0, 0.05) is 30.3 Å². The maximum Gasteiger partial charge on any atom is 0.254 e. The van der Waals surface area contributed by atoms with Gasteiger partial charge in [-0.05, 0) is 39.0 Å². The summed E-state index contributed by atoms with van der Waals surface area (Å²) in [7, 11) is 0. The number of carbonyl (C=O) groups is 1. The molecule has 0 saturated carbocycles. The van der Waals surface area contributed by atoms with E-state index in [2.05, 4.69) is 25.7 Å². The topological polar surface area (TPSA) is 84.7 Å². The molecule has 0 aliphatic rings. The molecule has 0 fully saturated rings. The molecule has 0 saturated heterocycles. The fourth-order valence-electron chi connectivity index (χ4n) is 2.68. The second kappa shape index (κ2) is 7.77. The van der Waals surface area contributed by atoms with Crippen molar-refractivity contribution in [2.24, 2.45) is 0 Å². The molecule has 2 heterocycles. The van der Waals surface area contributed by atoms with Crippen LogP contribution in [0.15, 0.2) is 48.8 Å². The second-order valence-electron chi connectivity index (χ2n) is 6.22. The molecule has 0 radical (unpaired) electrons. The molecule has 7 heteroatoms. The highest BCUT2D eigenvalue weighted by molar-refractivity contribution is 5.93. The number of carbonyl (C=O) groups excluding carboxylic acids is 1. The maximum absolute atomic E-state index is 12.3. The zero-order valence-corrected chi connectivity index (χ0v) is 15.1. The lowest BCUT2D eigenvalue weighted by molar-refractivity contribution is 0.0947. The summed E-state index contributed by atoms with van der Waals surface area (Å²) in [5.41, 5.74) is 3.35. The van der Waals surface area contributed by atoms with Gasteiger partial charge < -0.3 is 10.6 Å². The molecule has 3 aromatic rings. The molecule has 0 aliphatic carbocycles. The first-order chi connectivity index (χ1) is 12.5. The van der Waals surface area contributed by atoms with Gasteiger partial charge in [0.15, 0.2) is 0 Å². The van der Waals surface area contributed by atoms with Crippen LogP contribution >= 0.6 is 0 Å². The van der Waals surface area contributed by atoms with Crippen LogP contribution in [0, 0.1) is 13.8 Å². The van der Waals surface area contributed by atoms with Crippen molar-refractivity contribution in [1.29, 1.82) is 0 Å². The van der Waals surface area contributed by atoms with E-state index in [1.807, 2.05) is 61.9 Å². The Kier molecular flexibility index (Phi) is 5.26. The van der Waals surface area contributed by atoms with Gasteiger partial charge in [-0.15, -0.1) is 0 Å². The molecule has 7 nitrogen and oxygen atoms in total. The number of benzene rings is 1. The van der Waals surface area contributed by atoms with Crippen LogP contribution in [0.25, 0.3) is 0 Å². The highest BCUT2D eigenvalue weighted by Crippen LogP contribution is 2.12. The molecule has 1 unspecified atom stereocenters. The average molecular weight is 350 g/mol. The molecular formula is C19H22N6O. The van der Waals surface area contributed by atoms with E-state index in [1.165, 1.54) is 12.4 Å². The molecule has 0 aliphatic heterocycles. The Morgan fingerprint density at radius 3 is 2.46 bits per heavy atom. The number of rotatable bonds is 6. The van der Waals surface area contributed by atoms with E-state index in [0.717, 1.165) is 17.1 Å². The number of anilines is 2. The van der Waals surface area contributed by atoms with E-state index >= 15 is 0 Å². The Hall–Kier alpha value is -3.22. The standard InChI is InChI=1S/C19H22N6O/c1-13-9-14(2)25(24-13)15(3)10-20-18(26)16-11-21-19(22-12-16)23-17-7-5-4-6-8-17/h4-9,11-12,15H,10H2,1-3H3,(H,20,26)(H,21,22,23). The van der Waals surface area contributed by atoms with Crippen LogP contribution in [0.1, 0.15) is 34.7 Å². The van der Waals surface area contributed by atoms with E-state index in [9.17, 15) is 4.79 Å². The monoisotopic (exact) mass is 350 g/mol. The van der Waals surface area contributed by atoms with Gasteiger partial charge in [0.05, 0.1) is 17.3 Å². The fraction of sp³-hybridized carbons (Fsp3) is 0.263. The van der Waals surface area contributed by atoms with Crippen LogP contribution in [0.2, 0.25) is 0 Å². The normalized spacial score (nSPS) is 11.8. The summed E-state index contributed by atoms with van der Waals surface area (Å²) in [6, 6.07) is 11.7. The summed E-state index contributed by atoms with van der Waals surface area (Å²) in [6.07, 6.45) is 3.03. The number of hydrogen-bond donors (Lipinski definition) is 2. The third-order valence-corrected chi connectivity index (χ3v) is 3.96. The second-order valence-corrected chi connectivity index (χ2v) is 6.22. The largest absolute Gasteiger partial charge is 0.350 e. The zero-order chi connectivity index (χ0) is 18.5. The summed E-state index contributed by atoms with van der Waals surface area (Å²) in [5, 5.41) is 10.4. The van der Waals surface area contributed by atoms with Crippen molar-refractivity contribution in [2.45, 2.75) is 26.8 Å². The molecule has 2 N–H and O–H groups in total. The predicted molar refractivity (Wildman–Crippen MR) is 101 cm³/mol. The number of aromatic nitrogens is 4. The van der Waals surface area contributed by atoms with Gasteiger partial charge in [-0.25, -0.2) is 9.97 Å². The molecular weight excluding hydrogens is 328 g/mol. The number of nitrogens with one attached hydrogen (secondary N) is 2. The van der Waals surface area contributed by atoms with Crippen molar-refractivity contribution in [2.75, 3.05) is 11.9 Å². The smallest absolute Gasteiger partial charge is 0.254 e. The minimum atomic E-state index is -0.204. The molecule has 2 aromatic heterocycles.